The zero-order valence-corrected chi connectivity index (χ0v) is 11.4. The van der Waals surface area contributed by atoms with E-state index >= 15 is 0 Å². The molecule has 1 aromatic carbocycles. The second-order valence-electron chi connectivity index (χ2n) is 5.25. The minimum absolute atomic E-state index is 0.334. The topological polar surface area (TPSA) is 58.7 Å². The van der Waals surface area contributed by atoms with Crippen molar-refractivity contribution in [2.24, 2.45) is 0 Å². The van der Waals surface area contributed by atoms with Crippen molar-refractivity contribution >= 4 is 5.69 Å². The van der Waals surface area contributed by atoms with Gasteiger partial charge in [-0.15, -0.1) is 0 Å². The van der Waals surface area contributed by atoms with Crippen molar-refractivity contribution in [1.82, 2.24) is 4.90 Å². The Morgan fingerprint density at radius 1 is 1.11 bits per heavy atom. The lowest BCUT2D eigenvalue weighted by Gasteiger charge is -2.23. The highest BCUT2D eigenvalue weighted by Crippen LogP contribution is 2.14. The van der Waals surface area contributed by atoms with Crippen LogP contribution in [0.5, 0.6) is 5.75 Å². The summed E-state index contributed by atoms with van der Waals surface area (Å²) in [5.74, 6) is 0.754. The molecule has 0 amide bonds. The van der Waals surface area contributed by atoms with Crippen LogP contribution in [0.25, 0.3) is 0 Å². The molecule has 0 saturated carbocycles. The highest BCUT2D eigenvalue weighted by atomic mass is 16.5. The molecule has 3 N–H and O–H groups in total. The van der Waals surface area contributed by atoms with Gasteiger partial charge in [0.1, 0.15) is 18.5 Å². The van der Waals surface area contributed by atoms with Crippen LogP contribution >= 0.6 is 0 Å². The molecule has 1 aromatic rings. The standard InChI is InChI=1S/C15H24N2O2/c16-13-5-7-15(8-6-13)19-12-14(18)11-17-9-3-1-2-4-10-17/h5-8,14,18H,1-4,9-12,16H2. The number of β-amino-alcohol motifs (C(OH)–C–C–N with tert-alkyl or cyclic N) is 1. The number of aliphatic hydroxyl groups is 1. The van der Waals surface area contributed by atoms with Crippen LogP contribution in [0.4, 0.5) is 5.69 Å². The first kappa shape index (κ1) is 14.2. The van der Waals surface area contributed by atoms with Crippen LogP contribution in [0.15, 0.2) is 24.3 Å². The first-order valence-electron chi connectivity index (χ1n) is 7.13. The fourth-order valence-corrected chi connectivity index (χ4v) is 2.43. The van der Waals surface area contributed by atoms with Crippen molar-refractivity contribution in [3.63, 3.8) is 0 Å². The van der Waals surface area contributed by atoms with Gasteiger partial charge in [0, 0.05) is 12.2 Å². The van der Waals surface area contributed by atoms with Gasteiger partial charge in [-0.3, -0.25) is 0 Å². The Kier molecular flexibility index (Phi) is 5.48. The minimum Gasteiger partial charge on any atom is -0.491 e. The van der Waals surface area contributed by atoms with Gasteiger partial charge >= 0.3 is 0 Å². The van der Waals surface area contributed by atoms with Gasteiger partial charge in [0.05, 0.1) is 0 Å². The quantitative estimate of drug-likeness (QED) is 0.797. The Labute approximate surface area is 115 Å². The zero-order chi connectivity index (χ0) is 13.5. The van der Waals surface area contributed by atoms with Crippen LogP contribution < -0.4 is 10.5 Å². The molecule has 0 aliphatic carbocycles. The van der Waals surface area contributed by atoms with Crippen molar-refractivity contribution in [3.05, 3.63) is 24.3 Å². The molecule has 1 aliphatic rings. The van der Waals surface area contributed by atoms with Crippen molar-refractivity contribution in [2.75, 3.05) is 32.0 Å². The van der Waals surface area contributed by atoms with Gasteiger partial charge in [-0.05, 0) is 50.2 Å². The third-order valence-corrected chi connectivity index (χ3v) is 3.49. The van der Waals surface area contributed by atoms with E-state index in [1.807, 2.05) is 12.1 Å². The largest absolute Gasteiger partial charge is 0.491 e. The molecular weight excluding hydrogens is 240 g/mol. The monoisotopic (exact) mass is 264 g/mol. The van der Waals surface area contributed by atoms with E-state index in [1.165, 1.54) is 25.7 Å². The average Bonchev–Trinajstić information content (AvgIpc) is 2.67. The van der Waals surface area contributed by atoms with Crippen LogP contribution in [0.3, 0.4) is 0 Å². The summed E-state index contributed by atoms with van der Waals surface area (Å²) in [5.41, 5.74) is 6.33. The first-order valence-corrected chi connectivity index (χ1v) is 7.13. The van der Waals surface area contributed by atoms with Crippen LogP contribution in [-0.4, -0.2) is 42.4 Å². The van der Waals surface area contributed by atoms with Crippen LogP contribution in [0.1, 0.15) is 25.7 Å². The molecule has 4 nitrogen and oxygen atoms in total. The molecule has 1 heterocycles. The molecule has 0 spiro atoms. The van der Waals surface area contributed by atoms with Gasteiger partial charge in [-0.1, -0.05) is 12.8 Å². The molecule has 0 aromatic heterocycles. The molecule has 0 bridgehead atoms. The Morgan fingerprint density at radius 3 is 2.37 bits per heavy atom. The maximum atomic E-state index is 10.0. The Morgan fingerprint density at radius 2 is 1.74 bits per heavy atom. The van der Waals surface area contributed by atoms with E-state index in [1.54, 1.807) is 12.1 Å². The van der Waals surface area contributed by atoms with Crippen molar-refractivity contribution in [3.8, 4) is 5.75 Å². The van der Waals surface area contributed by atoms with Crippen LogP contribution in [-0.2, 0) is 0 Å². The van der Waals surface area contributed by atoms with Gasteiger partial charge < -0.3 is 20.5 Å². The molecule has 19 heavy (non-hydrogen) atoms. The second kappa shape index (κ2) is 7.36. The molecular formula is C15H24N2O2. The number of nitrogen functional groups attached to an aromatic ring is 1. The number of likely N-dealkylation sites (tertiary alicyclic amines) is 1. The lowest BCUT2D eigenvalue weighted by Crippen LogP contribution is -2.36. The molecule has 4 heteroatoms. The lowest BCUT2D eigenvalue weighted by atomic mass is 10.2. The Balaban J connectivity index is 1.71. The molecule has 1 atom stereocenters. The van der Waals surface area contributed by atoms with E-state index in [2.05, 4.69) is 4.90 Å². The summed E-state index contributed by atoms with van der Waals surface area (Å²) in [6.07, 6.45) is 4.68. The number of anilines is 1. The maximum absolute atomic E-state index is 10.0. The van der Waals surface area contributed by atoms with E-state index in [0.717, 1.165) is 24.5 Å². The van der Waals surface area contributed by atoms with Crippen molar-refractivity contribution in [2.45, 2.75) is 31.8 Å². The number of benzene rings is 1. The van der Waals surface area contributed by atoms with Gasteiger partial charge in [0.2, 0.25) is 0 Å². The number of rotatable bonds is 5. The van der Waals surface area contributed by atoms with E-state index in [9.17, 15) is 5.11 Å². The molecule has 1 unspecified atom stereocenters. The molecule has 2 rings (SSSR count). The molecule has 1 fully saturated rings. The summed E-state index contributed by atoms with van der Waals surface area (Å²) < 4.78 is 5.56. The molecule has 106 valence electrons. The predicted molar refractivity (Wildman–Crippen MR) is 77.3 cm³/mol. The average molecular weight is 264 g/mol. The summed E-state index contributed by atoms with van der Waals surface area (Å²) in [7, 11) is 0. The maximum Gasteiger partial charge on any atom is 0.119 e. The lowest BCUT2D eigenvalue weighted by molar-refractivity contribution is 0.0694. The smallest absolute Gasteiger partial charge is 0.119 e. The fraction of sp³-hybridized carbons (Fsp3) is 0.600. The summed E-state index contributed by atoms with van der Waals surface area (Å²) in [6, 6.07) is 7.26. The van der Waals surface area contributed by atoms with Gasteiger partial charge in [-0.2, -0.15) is 0 Å². The third-order valence-electron chi connectivity index (χ3n) is 3.49. The third kappa shape index (κ3) is 5.09. The SMILES string of the molecule is Nc1ccc(OCC(O)CN2CCCCCC2)cc1. The Bertz CT molecular complexity index is 359. The number of nitrogens with two attached hydrogens (primary N) is 1. The number of nitrogens with zero attached hydrogens (tertiary/aromatic N) is 1. The fourth-order valence-electron chi connectivity index (χ4n) is 2.43. The molecule has 1 aliphatic heterocycles. The van der Waals surface area contributed by atoms with E-state index in [4.69, 9.17) is 10.5 Å². The van der Waals surface area contributed by atoms with E-state index in [0.29, 0.717) is 13.2 Å². The van der Waals surface area contributed by atoms with Crippen molar-refractivity contribution in [1.29, 1.82) is 0 Å². The van der Waals surface area contributed by atoms with E-state index in [-0.39, 0.29) is 0 Å². The van der Waals surface area contributed by atoms with E-state index < -0.39 is 6.10 Å². The number of hydrogen-bond acceptors (Lipinski definition) is 4. The van der Waals surface area contributed by atoms with Crippen LogP contribution in [0.2, 0.25) is 0 Å². The minimum atomic E-state index is -0.435. The highest BCUT2D eigenvalue weighted by Gasteiger charge is 2.14. The molecule has 1 saturated heterocycles. The summed E-state index contributed by atoms with van der Waals surface area (Å²) in [4.78, 5) is 2.34. The van der Waals surface area contributed by atoms with Gasteiger partial charge in [0.25, 0.3) is 0 Å². The Hall–Kier alpha value is -1.26. The normalized spacial score (nSPS) is 18.8. The second-order valence-corrected chi connectivity index (χ2v) is 5.25. The number of hydrogen-bond donors (Lipinski definition) is 2. The summed E-state index contributed by atoms with van der Waals surface area (Å²) >= 11 is 0. The highest BCUT2D eigenvalue weighted by molar-refractivity contribution is 5.41. The number of ether oxygens (including phenoxy) is 1. The first-order chi connectivity index (χ1) is 9.24. The van der Waals surface area contributed by atoms with Crippen LogP contribution in [0, 0.1) is 0 Å². The zero-order valence-electron chi connectivity index (χ0n) is 11.4. The summed E-state index contributed by atoms with van der Waals surface area (Å²) in [5, 5.41) is 10.0. The van der Waals surface area contributed by atoms with Gasteiger partial charge in [-0.25, -0.2) is 0 Å². The van der Waals surface area contributed by atoms with Crippen molar-refractivity contribution < 1.29 is 9.84 Å². The predicted octanol–water partition coefficient (Wildman–Crippen LogP) is 1.88. The molecule has 0 radical (unpaired) electrons. The summed E-state index contributed by atoms with van der Waals surface area (Å²) in [6.45, 7) is 3.23. The number of aliphatic hydroxyl groups excluding tert-OH is 1. The van der Waals surface area contributed by atoms with Gasteiger partial charge in [0.15, 0.2) is 0 Å².